The van der Waals surface area contributed by atoms with Crippen LogP contribution in [0.4, 0.5) is 0 Å². The van der Waals surface area contributed by atoms with Crippen LogP contribution in [0.2, 0.25) is 0 Å². The minimum absolute atomic E-state index is 1.10. The molecule has 0 aliphatic rings. The third-order valence-electron chi connectivity index (χ3n) is 9.25. The maximum Gasteiger partial charge on any atom is -0.0302 e. The molecule has 0 rings (SSSR count). The zero-order valence-corrected chi connectivity index (χ0v) is 31.1. The van der Waals surface area contributed by atoms with Gasteiger partial charge in [0, 0.05) is 0 Å². The van der Waals surface area contributed by atoms with E-state index < -0.39 is 0 Å². The van der Waals surface area contributed by atoms with Crippen molar-refractivity contribution >= 4 is 0 Å². The molecule has 0 saturated carbocycles. The summed E-state index contributed by atoms with van der Waals surface area (Å²) in [7, 11) is 0. The molecule has 0 heterocycles. The van der Waals surface area contributed by atoms with E-state index in [2.05, 4.69) is 109 Å². The van der Waals surface area contributed by atoms with E-state index in [4.69, 9.17) is 0 Å². The predicted octanol–water partition coefficient (Wildman–Crippen LogP) is 15.1. The van der Waals surface area contributed by atoms with Gasteiger partial charge in [-0.25, -0.2) is 0 Å². The van der Waals surface area contributed by atoms with Gasteiger partial charge in [0.15, 0.2) is 0 Å². The standard InChI is InChI=1S/C42H72/c1-15-29-31(17-3)33(19-5)35(21-7)37(23-9)39(25-11)41(27-13)42(28-14)40(26-12)38(24-10)36(22-8)34(20-6)32(18-4)30-16-2/h29-30H,15-28H2,1-14H3/b31-29?,32-30?,35-33+,36-34+,39-37+,40-38+,42-41-. The lowest BCUT2D eigenvalue weighted by molar-refractivity contribution is 0.868. The van der Waals surface area contributed by atoms with Crippen LogP contribution in [0.25, 0.3) is 0 Å². The first-order valence-corrected chi connectivity index (χ1v) is 18.3. The Hall–Kier alpha value is -1.82. The van der Waals surface area contributed by atoms with Crippen LogP contribution >= 0.6 is 0 Å². The highest BCUT2D eigenvalue weighted by Crippen LogP contribution is 2.41. The van der Waals surface area contributed by atoms with Crippen LogP contribution < -0.4 is 0 Å². The van der Waals surface area contributed by atoms with Crippen molar-refractivity contribution in [2.45, 2.75) is 187 Å². The molecule has 0 atom stereocenters. The van der Waals surface area contributed by atoms with Gasteiger partial charge in [0.05, 0.1) is 0 Å². The summed E-state index contributed by atoms with van der Waals surface area (Å²) in [5.74, 6) is 0. The van der Waals surface area contributed by atoms with Crippen LogP contribution in [0.1, 0.15) is 187 Å². The zero-order chi connectivity index (χ0) is 32.2. The van der Waals surface area contributed by atoms with E-state index >= 15 is 0 Å². The molecule has 0 radical (unpaired) electrons. The molecule has 0 aliphatic heterocycles. The van der Waals surface area contributed by atoms with E-state index in [1.807, 2.05) is 0 Å². The lowest BCUT2D eigenvalue weighted by Gasteiger charge is -2.27. The van der Waals surface area contributed by atoms with E-state index in [1.54, 1.807) is 66.9 Å². The van der Waals surface area contributed by atoms with Gasteiger partial charge in [-0.05, 0) is 157 Å². The predicted molar refractivity (Wildman–Crippen MR) is 195 cm³/mol. The highest BCUT2D eigenvalue weighted by atomic mass is 14.3. The third-order valence-corrected chi connectivity index (χ3v) is 9.25. The highest BCUT2D eigenvalue weighted by molar-refractivity contribution is 5.57. The molecule has 240 valence electrons. The molecule has 0 unspecified atom stereocenters. The summed E-state index contributed by atoms with van der Waals surface area (Å²) in [5.41, 5.74) is 19.4. The molecule has 0 N–H and O–H groups in total. The fraction of sp³-hybridized carbons (Fsp3) is 0.667. The first-order valence-electron chi connectivity index (χ1n) is 18.3. The molecule has 0 amide bonds. The van der Waals surface area contributed by atoms with Crippen LogP contribution in [0.3, 0.4) is 0 Å². The summed E-state index contributed by atoms with van der Waals surface area (Å²) in [5, 5.41) is 0. The summed E-state index contributed by atoms with van der Waals surface area (Å²) in [6.45, 7) is 33.1. The summed E-state index contributed by atoms with van der Waals surface area (Å²) in [6.07, 6.45) is 20.5. The topological polar surface area (TPSA) is 0 Å². The van der Waals surface area contributed by atoms with Crippen LogP contribution in [0, 0.1) is 0 Å². The Morgan fingerprint density at radius 1 is 0.238 bits per heavy atom. The Morgan fingerprint density at radius 2 is 0.405 bits per heavy atom. The van der Waals surface area contributed by atoms with E-state index in [0.29, 0.717) is 0 Å². The van der Waals surface area contributed by atoms with Gasteiger partial charge in [-0.2, -0.15) is 0 Å². The van der Waals surface area contributed by atoms with Crippen LogP contribution in [-0.2, 0) is 0 Å². The monoisotopic (exact) mass is 577 g/mol. The van der Waals surface area contributed by atoms with Gasteiger partial charge in [0.1, 0.15) is 0 Å². The number of hydrogen-bond donors (Lipinski definition) is 0. The number of rotatable bonds is 20. The molecule has 42 heavy (non-hydrogen) atoms. The first kappa shape index (κ1) is 40.2. The summed E-state index contributed by atoms with van der Waals surface area (Å²) in [4.78, 5) is 0. The quantitative estimate of drug-likeness (QED) is 0.126. The molecule has 0 aromatic carbocycles. The second-order valence-corrected chi connectivity index (χ2v) is 11.3. The SMILES string of the molecule is CCC=C(CC)/C(CC)=C(CC)/C(CC)=C(CC)/C(CC)=C(CC)\C(CC)=C(CC)\C(CC)=C(/CC)C(=CCC)CC. The summed E-state index contributed by atoms with van der Waals surface area (Å²) >= 11 is 0. The van der Waals surface area contributed by atoms with Crippen LogP contribution in [-0.4, -0.2) is 0 Å². The second-order valence-electron chi connectivity index (χ2n) is 11.3. The van der Waals surface area contributed by atoms with Crippen molar-refractivity contribution in [2.24, 2.45) is 0 Å². The number of hydrogen-bond acceptors (Lipinski definition) is 0. The van der Waals surface area contributed by atoms with Crippen molar-refractivity contribution in [3.63, 3.8) is 0 Å². The molecule has 0 saturated heterocycles. The van der Waals surface area contributed by atoms with E-state index in [9.17, 15) is 0 Å². The van der Waals surface area contributed by atoms with Crippen LogP contribution in [0.15, 0.2) is 79.0 Å². The maximum absolute atomic E-state index is 2.48. The Kier molecular flexibility index (Phi) is 21.7. The molecular weight excluding hydrogens is 504 g/mol. The van der Waals surface area contributed by atoms with Gasteiger partial charge < -0.3 is 0 Å². The fourth-order valence-corrected chi connectivity index (χ4v) is 7.59. The van der Waals surface area contributed by atoms with Crippen molar-refractivity contribution < 1.29 is 0 Å². The highest BCUT2D eigenvalue weighted by Gasteiger charge is 2.22. The van der Waals surface area contributed by atoms with Gasteiger partial charge in [0.2, 0.25) is 0 Å². The minimum atomic E-state index is 1.10. The van der Waals surface area contributed by atoms with Crippen molar-refractivity contribution in [2.75, 3.05) is 0 Å². The Labute approximate surface area is 265 Å². The number of allylic oxidation sites excluding steroid dienone is 14. The lowest BCUT2D eigenvalue weighted by Crippen LogP contribution is -2.08. The Bertz CT molecular complexity index is 954. The summed E-state index contributed by atoms with van der Waals surface area (Å²) < 4.78 is 0. The van der Waals surface area contributed by atoms with Gasteiger partial charge in [0.25, 0.3) is 0 Å². The van der Waals surface area contributed by atoms with Crippen molar-refractivity contribution in [3.8, 4) is 0 Å². The normalized spacial score (nSPS) is 16.0. The van der Waals surface area contributed by atoms with Gasteiger partial charge in [-0.1, -0.05) is 109 Å². The Balaban J connectivity index is 8.21. The molecule has 0 spiro atoms. The van der Waals surface area contributed by atoms with E-state index in [0.717, 1.165) is 89.9 Å². The molecule has 0 nitrogen and oxygen atoms in total. The Morgan fingerprint density at radius 3 is 0.524 bits per heavy atom. The smallest absolute Gasteiger partial charge is 0.0302 e. The molecule has 0 fully saturated rings. The minimum Gasteiger partial charge on any atom is -0.0813 e. The van der Waals surface area contributed by atoms with Gasteiger partial charge >= 0.3 is 0 Å². The third kappa shape index (κ3) is 10.1. The molecule has 0 heteroatoms. The second kappa shape index (κ2) is 22.7. The lowest BCUT2D eigenvalue weighted by atomic mass is 9.78. The fourth-order valence-electron chi connectivity index (χ4n) is 7.59. The molecule has 0 aromatic rings. The van der Waals surface area contributed by atoms with Gasteiger partial charge in [-0.15, -0.1) is 0 Å². The van der Waals surface area contributed by atoms with Crippen molar-refractivity contribution in [1.82, 2.24) is 0 Å². The summed E-state index contributed by atoms with van der Waals surface area (Å²) in [6, 6.07) is 0. The largest absolute Gasteiger partial charge is 0.0813 e. The molecule has 0 aromatic heterocycles. The molecule has 0 aliphatic carbocycles. The van der Waals surface area contributed by atoms with Crippen LogP contribution in [0.5, 0.6) is 0 Å². The van der Waals surface area contributed by atoms with Crippen molar-refractivity contribution in [1.29, 1.82) is 0 Å². The van der Waals surface area contributed by atoms with Crippen molar-refractivity contribution in [3.05, 3.63) is 79.0 Å². The first-order chi connectivity index (χ1) is 20.3. The molecule has 0 bridgehead atoms. The zero-order valence-electron chi connectivity index (χ0n) is 31.1. The van der Waals surface area contributed by atoms with E-state index in [-0.39, 0.29) is 0 Å². The van der Waals surface area contributed by atoms with Gasteiger partial charge in [-0.3, -0.25) is 0 Å². The maximum atomic E-state index is 2.48. The average Bonchev–Trinajstić information content (AvgIpc) is 3.02. The molecular formula is C42H72. The average molecular weight is 577 g/mol. The van der Waals surface area contributed by atoms with E-state index in [1.165, 1.54) is 0 Å².